The summed E-state index contributed by atoms with van der Waals surface area (Å²) in [7, 11) is -3.44. The molecule has 0 radical (unpaired) electrons. The molecule has 0 atom stereocenters. The third kappa shape index (κ3) is 4.89. The molecule has 0 saturated carbocycles. The number of benzene rings is 2. The van der Waals surface area contributed by atoms with E-state index >= 15 is 0 Å². The monoisotopic (exact) mass is 438 g/mol. The van der Waals surface area contributed by atoms with E-state index in [9.17, 15) is 13.2 Å². The van der Waals surface area contributed by atoms with E-state index in [0.717, 1.165) is 29.7 Å². The lowest BCUT2D eigenvalue weighted by Gasteiger charge is -2.25. The van der Waals surface area contributed by atoms with Gasteiger partial charge in [-0.2, -0.15) is 4.31 Å². The molecule has 0 bridgehead atoms. The van der Waals surface area contributed by atoms with Crippen LogP contribution in [0, 0.1) is 0 Å². The van der Waals surface area contributed by atoms with Gasteiger partial charge < -0.3 is 5.32 Å². The molecule has 1 aliphatic heterocycles. The number of carbonyl (C=O) groups is 1. The molecule has 1 heterocycles. The van der Waals surface area contributed by atoms with E-state index in [1.807, 2.05) is 12.3 Å². The van der Waals surface area contributed by atoms with Gasteiger partial charge in [-0.15, -0.1) is 11.8 Å². The minimum absolute atomic E-state index is 0.258. The molecule has 1 N–H and O–H groups in total. The van der Waals surface area contributed by atoms with E-state index in [1.54, 1.807) is 40.7 Å². The lowest BCUT2D eigenvalue weighted by atomic mass is 10.2. The fraction of sp³-hybridized carbons (Fsp3) is 0.350. The summed E-state index contributed by atoms with van der Waals surface area (Å²) in [4.78, 5) is 13.7. The number of carbonyl (C=O) groups excluding carboxylic acids is 1. The van der Waals surface area contributed by atoms with Crippen LogP contribution in [0.4, 0.5) is 0 Å². The average molecular weight is 439 g/mol. The number of piperidine rings is 1. The second-order valence-electron chi connectivity index (χ2n) is 6.64. The molecule has 1 saturated heterocycles. The van der Waals surface area contributed by atoms with Gasteiger partial charge in [-0.3, -0.25) is 4.79 Å². The highest BCUT2D eigenvalue weighted by molar-refractivity contribution is 7.98. The van der Waals surface area contributed by atoms with Crippen LogP contribution in [0.3, 0.4) is 0 Å². The van der Waals surface area contributed by atoms with Crippen molar-refractivity contribution >= 4 is 39.3 Å². The number of nitrogens with one attached hydrogen (secondary N) is 1. The number of amides is 1. The summed E-state index contributed by atoms with van der Waals surface area (Å²) in [5.41, 5.74) is 1.25. The van der Waals surface area contributed by atoms with Gasteiger partial charge in [0.05, 0.1) is 15.5 Å². The van der Waals surface area contributed by atoms with E-state index in [-0.39, 0.29) is 5.91 Å². The Bertz CT molecular complexity index is 940. The molecule has 5 nitrogen and oxygen atoms in total. The lowest BCUT2D eigenvalue weighted by Crippen LogP contribution is -2.35. The van der Waals surface area contributed by atoms with Crippen molar-refractivity contribution in [1.29, 1.82) is 0 Å². The van der Waals surface area contributed by atoms with Crippen LogP contribution in [-0.2, 0) is 16.6 Å². The van der Waals surface area contributed by atoms with Crippen LogP contribution in [0.15, 0.2) is 52.3 Å². The SMILES string of the molecule is CSc1ccc(Cl)c(C(=O)NCc2ccc(S(=O)(=O)N3CCCCC3)cc2)c1. The minimum atomic E-state index is -3.44. The molecule has 8 heteroatoms. The summed E-state index contributed by atoms with van der Waals surface area (Å²) in [5, 5.41) is 3.24. The largest absolute Gasteiger partial charge is 0.348 e. The van der Waals surface area contributed by atoms with Crippen molar-refractivity contribution in [2.75, 3.05) is 19.3 Å². The molecular formula is C20H23ClN2O3S2. The van der Waals surface area contributed by atoms with E-state index in [4.69, 9.17) is 11.6 Å². The molecule has 1 fully saturated rings. The zero-order chi connectivity index (χ0) is 20.1. The number of sulfonamides is 1. The molecule has 2 aromatic rings. The Morgan fingerprint density at radius 3 is 2.43 bits per heavy atom. The third-order valence-electron chi connectivity index (χ3n) is 4.75. The van der Waals surface area contributed by atoms with Crippen molar-refractivity contribution in [1.82, 2.24) is 9.62 Å². The Morgan fingerprint density at radius 2 is 1.79 bits per heavy atom. The Kier molecular flexibility index (Phi) is 7.04. The number of halogens is 1. The first-order valence-corrected chi connectivity index (χ1v) is 12.2. The van der Waals surface area contributed by atoms with Gasteiger partial charge in [0.1, 0.15) is 0 Å². The second kappa shape index (κ2) is 9.31. The van der Waals surface area contributed by atoms with Gasteiger partial charge in [0.25, 0.3) is 5.91 Å². The fourth-order valence-corrected chi connectivity index (χ4v) is 5.28. The topological polar surface area (TPSA) is 66.5 Å². The second-order valence-corrected chi connectivity index (χ2v) is 9.86. The van der Waals surface area contributed by atoms with E-state index in [0.29, 0.717) is 35.1 Å². The first-order chi connectivity index (χ1) is 13.4. The van der Waals surface area contributed by atoms with Gasteiger partial charge >= 0.3 is 0 Å². The van der Waals surface area contributed by atoms with Crippen LogP contribution >= 0.6 is 23.4 Å². The van der Waals surface area contributed by atoms with Crippen molar-refractivity contribution in [3.63, 3.8) is 0 Å². The normalized spacial score (nSPS) is 15.4. The Morgan fingerprint density at radius 1 is 1.11 bits per heavy atom. The first-order valence-electron chi connectivity index (χ1n) is 9.12. The zero-order valence-electron chi connectivity index (χ0n) is 15.7. The first kappa shape index (κ1) is 21.2. The van der Waals surface area contributed by atoms with Crippen molar-refractivity contribution in [3.8, 4) is 0 Å². The van der Waals surface area contributed by atoms with Crippen molar-refractivity contribution in [2.24, 2.45) is 0 Å². The highest BCUT2D eigenvalue weighted by atomic mass is 35.5. The summed E-state index contributed by atoms with van der Waals surface area (Å²) in [5.74, 6) is -0.258. The number of hydrogen-bond acceptors (Lipinski definition) is 4. The number of thioether (sulfide) groups is 1. The molecule has 0 aromatic heterocycles. The molecule has 150 valence electrons. The maximum absolute atomic E-state index is 12.7. The Labute approximate surface area is 175 Å². The highest BCUT2D eigenvalue weighted by Crippen LogP contribution is 2.23. The quantitative estimate of drug-likeness (QED) is 0.687. The van der Waals surface area contributed by atoms with Gasteiger partial charge in [0.15, 0.2) is 0 Å². The average Bonchev–Trinajstić information content (AvgIpc) is 2.73. The fourth-order valence-electron chi connectivity index (χ4n) is 3.12. The van der Waals surface area contributed by atoms with E-state index in [2.05, 4.69) is 5.32 Å². The van der Waals surface area contributed by atoms with Crippen LogP contribution < -0.4 is 5.32 Å². The van der Waals surface area contributed by atoms with Crippen LogP contribution in [0.1, 0.15) is 35.2 Å². The number of rotatable bonds is 6. The maximum atomic E-state index is 12.7. The molecule has 28 heavy (non-hydrogen) atoms. The van der Waals surface area contributed by atoms with Gasteiger partial charge in [-0.05, 0) is 55.0 Å². The van der Waals surface area contributed by atoms with Crippen molar-refractivity contribution < 1.29 is 13.2 Å². The Balaban J connectivity index is 1.65. The molecule has 3 rings (SSSR count). The van der Waals surface area contributed by atoms with Crippen LogP contribution in [-0.4, -0.2) is 38.0 Å². The van der Waals surface area contributed by atoms with Crippen LogP contribution in [0.25, 0.3) is 0 Å². The molecule has 0 unspecified atom stereocenters. The summed E-state index contributed by atoms with van der Waals surface area (Å²) in [6.45, 7) is 1.45. The standard InChI is InChI=1S/C20H23ClN2O3S2/c1-27-16-7-10-19(21)18(13-16)20(24)22-14-15-5-8-17(9-6-15)28(25,26)23-11-3-2-4-12-23/h5-10,13H,2-4,11-12,14H2,1H3,(H,22,24). The predicted molar refractivity (Wildman–Crippen MR) is 113 cm³/mol. The molecule has 0 aliphatic carbocycles. The molecule has 1 amide bonds. The lowest BCUT2D eigenvalue weighted by molar-refractivity contribution is 0.0951. The van der Waals surface area contributed by atoms with E-state index in [1.165, 1.54) is 11.8 Å². The summed E-state index contributed by atoms with van der Waals surface area (Å²) < 4.78 is 26.9. The van der Waals surface area contributed by atoms with Crippen LogP contribution in [0.2, 0.25) is 5.02 Å². The van der Waals surface area contributed by atoms with Gasteiger partial charge in [0, 0.05) is 24.5 Å². The third-order valence-corrected chi connectivity index (χ3v) is 7.72. The minimum Gasteiger partial charge on any atom is -0.348 e. The molecule has 2 aromatic carbocycles. The van der Waals surface area contributed by atoms with Gasteiger partial charge in [0.2, 0.25) is 10.0 Å². The maximum Gasteiger partial charge on any atom is 0.253 e. The van der Waals surface area contributed by atoms with E-state index < -0.39 is 10.0 Å². The molecule has 0 spiro atoms. The predicted octanol–water partition coefficient (Wildman–Crippen LogP) is 4.17. The summed E-state index contributed by atoms with van der Waals surface area (Å²) in [6, 6.07) is 12.0. The van der Waals surface area contributed by atoms with Gasteiger partial charge in [-0.25, -0.2) is 8.42 Å². The van der Waals surface area contributed by atoms with Crippen molar-refractivity contribution in [3.05, 3.63) is 58.6 Å². The van der Waals surface area contributed by atoms with Crippen molar-refractivity contribution in [2.45, 2.75) is 35.6 Å². The molecule has 1 aliphatic rings. The number of hydrogen-bond donors (Lipinski definition) is 1. The Hall–Kier alpha value is -1.54. The smallest absolute Gasteiger partial charge is 0.253 e. The summed E-state index contributed by atoms with van der Waals surface area (Å²) >= 11 is 7.67. The highest BCUT2D eigenvalue weighted by Gasteiger charge is 2.25. The number of nitrogens with zero attached hydrogens (tertiary/aromatic N) is 1. The zero-order valence-corrected chi connectivity index (χ0v) is 18.0. The van der Waals surface area contributed by atoms with Crippen LogP contribution in [0.5, 0.6) is 0 Å². The summed E-state index contributed by atoms with van der Waals surface area (Å²) in [6.07, 6.45) is 4.83. The molecular weight excluding hydrogens is 416 g/mol. The van der Waals surface area contributed by atoms with Gasteiger partial charge in [-0.1, -0.05) is 30.2 Å².